The van der Waals surface area contributed by atoms with E-state index in [1.54, 1.807) is 29.8 Å². The fourth-order valence-electron chi connectivity index (χ4n) is 1.78. The Labute approximate surface area is 114 Å². The molecule has 0 spiro atoms. The normalized spacial score (nSPS) is 10.1. The molecule has 0 saturated heterocycles. The van der Waals surface area contributed by atoms with Gasteiger partial charge in [0.15, 0.2) is 0 Å². The van der Waals surface area contributed by atoms with Crippen molar-refractivity contribution < 1.29 is 0 Å². The van der Waals surface area contributed by atoms with Crippen LogP contribution in [0.2, 0.25) is 0 Å². The maximum atomic E-state index is 8.92. The van der Waals surface area contributed by atoms with E-state index in [1.165, 1.54) is 0 Å². The van der Waals surface area contributed by atoms with Crippen molar-refractivity contribution in [1.82, 2.24) is 9.97 Å². The fourth-order valence-corrected chi connectivity index (χ4v) is 2.62. The third kappa shape index (κ3) is 2.37. The molecule has 0 bridgehead atoms. The summed E-state index contributed by atoms with van der Waals surface area (Å²) in [6.07, 6.45) is 3.51. The summed E-state index contributed by atoms with van der Waals surface area (Å²) in [4.78, 5) is 8.61. The van der Waals surface area contributed by atoms with Crippen molar-refractivity contribution in [1.29, 1.82) is 5.26 Å². The molecule has 0 N–H and O–H groups in total. The SMILES string of the molecule is N#Cc1cccc(-c2csc(-c3ccncc3)n2)c1. The predicted octanol–water partition coefficient (Wildman–Crippen LogP) is 3.74. The molecular formula is C15H9N3S. The summed E-state index contributed by atoms with van der Waals surface area (Å²) in [5.74, 6) is 0. The Hall–Kier alpha value is -2.51. The maximum absolute atomic E-state index is 8.92. The van der Waals surface area contributed by atoms with Crippen LogP contribution in [-0.4, -0.2) is 9.97 Å². The molecule has 0 aliphatic carbocycles. The molecule has 3 nitrogen and oxygen atoms in total. The van der Waals surface area contributed by atoms with Gasteiger partial charge in [-0.3, -0.25) is 4.98 Å². The van der Waals surface area contributed by atoms with E-state index < -0.39 is 0 Å². The van der Waals surface area contributed by atoms with Crippen LogP contribution in [0.3, 0.4) is 0 Å². The average molecular weight is 263 g/mol. The molecule has 0 radical (unpaired) electrons. The second kappa shape index (κ2) is 5.01. The van der Waals surface area contributed by atoms with Gasteiger partial charge in [0, 0.05) is 28.9 Å². The smallest absolute Gasteiger partial charge is 0.124 e. The first kappa shape index (κ1) is 11.6. The topological polar surface area (TPSA) is 49.6 Å². The molecule has 0 fully saturated rings. The van der Waals surface area contributed by atoms with E-state index in [0.717, 1.165) is 21.8 Å². The van der Waals surface area contributed by atoms with E-state index in [2.05, 4.69) is 16.0 Å². The van der Waals surface area contributed by atoms with Gasteiger partial charge in [-0.05, 0) is 24.3 Å². The van der Waals surface area contributed by atoms with Crippen LogP contribution in [0.15, 0.2) is 54.2 Å². The van der Waals surface area contributed by atoms with Crippen LogP contribution in [0.5, 0.6) is 0 Å². The third-order valence-electron chi connectivity index (χ3n) is 2.72. The standard InChI is InChI=1S/C15H9N3S/c16-9-11-2-1-3-13(8-11)14-10-19-15(18-14)12-4-6-17-7-5-12/h1-8,10H. The maximum Gasteiger partial charge on any atom is 0.124 e. The van der Waals surface area contributed by atoms with Crippen molar-refractivity contribution in [3.05, 3.63) is 59.7 Å². The highest BCUT2D eigenvalue weighted by atomic mass is 32.1. The van der Waals surface area contributed by atoms with Crippen LogP contribution < -0.4 is 0 Å². The lowest BCUT2D eigenvalue weighted by molar-refractivity contribution is 1.32. The van der Waals surface area contributed by atoms with Gasteiger partial charge >= 0.3 is 0 Å². The van der Waals surface area contributed by atoms with Gasteiger partial charge in [-0.25, -0.2) is 4.98 Å². The summed E-state index contributed by atoms with van der Waals surface area (Å²) in [6, 6.07) is 13.5. The van der Waals surface area contributed by atoms with E-state index >= 15 is 0 Å². The van der Waals surface area contributed by atoms with Gasteiger partial charge in [0.25, 0.3) is 0 Å². The molecule has 3 rings (SSSR count). The quantitative estimate of drug-likeness (QED) is 0.707. The first-order chi connectivity index (χ1) is 9.36. The predicted molar refractivity (Wildman–Crippen MR) is 75.5 cm³/mol. The van der Waals surface area contributed by atoms with Gasteiger partial charge in [0.2, 0.25) is 0 Å². The van der Waals surface area contributed by atoms with E-state index in [4.69, 9.17) is 5.26 Å². The number of hydrogen-bond acceptors (Lipinski definition) is 4. The second-order valence-electron chi connectivity index (χ2n) is 3.97. The summed E-state index contributed by atoms with van der Waals surface area (Å²) in [5, 5.41) is 11.9. The number of pyridine rings is 1. The Morgan fingerprint density at radius 1 is 1.05 bits per heavy atom. The number of rotatable bonds is 2. The Morgan fingerprint density at radius 3 is 2.68 bits per heavy atom. The van der Waals surface area contributed by atoms with Crippen LogP contribution in [-0.2, 0) is 0 Å². The molecule has 3 aromatic rings. The summed E-state index contributed by atoms with van der Waals surface area (Å²) < 4.78 is 0. The van der Waals surface area contributed by atoms with Gasteiger partial charge in [0.1, 0.15) is 5.01 Å². The first-order valence-electron chi connectivity index (χ1n) is 5.73. The first-order valence-corrected chi connectivity index (χ1v) is 6.61. The molecule has 0 unspecified atom stereocenters. The minimum Gasteiger partial charge on any atom is -0.265 e. The fraction of sp³-hybridized carbons (Fsp3) is 0. The Bertz CT molecular complexity index is 741. The third-order valence-corrected chi connectivity index (χ3v) is 3.61. The van der Waals surface area contributed by atoms with E-state index in [-0.39, 0.29) is 0 Å². The van der Waals surface area contributed by atoms with Crippen molar-refractivity contribution in [3.8, 4) is 27.9 Å². The molecule has 2 heterocycles. The number of hydrogen-bond donors (Lipinski definition) is 0. The number of nitrogens with zero attached hydrogens (tertiary/aromatic N) is 3. The summed E-state index contributed by atoms with van der Waals surface area (Å²) in [5.41, 5.74) is 3.57. The summed E-state index contributed by atoms with van der Waals surface area (Å²) in [7, 11) is 0. The molecule has 19 heavy (non-hydrogen) atoms. The van der Waals surface area contributed by atoms with Crippen molar-refractivity contribution in [2.75, 3.05) is 0 Å². The van der Waals surface area contributed by atoms with Crippen LogP contribution in [0.4, 0.5) is 0 Å². The van der Waals surface area contributed by atoms with Crippen LogP contribution >= 0.6 is 11.3 Å². The van der Waals surface area contributed by atoms with Gasteiger partial charge in [0.05, 0.1) is 17.3 Å². The number of nitriles is 1. The molecule has 0 amide bonds. The lowest BCUT2D eigenvalue weighted by atomic mass is 10.1. The van der Waals surface area contributed by atoms with E-state index in [0.29, 0.717) is 5.56 Å². The van der Waals surface area contributed by atoms with Gasteiger partial charge < -0.3 is 0 Å². The van der Waals surface area contributed by atoms with E-state index in [9.17, 15) is 0 Å². The van der Waals surface area contributed by atoms with Crippen molar-refractivity contribution in [3.63, 3.8) is 0 Å². The highest BCUT2D eigenvalue weighted by Crippen LogP contribution is 2.28. The van der Waals surface area contributed by atoms with Crippen LogP contribution in [0.1, 0.15) is 5.56 Å². The average Bonchev–Trinajstić information content (AvgIpc) is 2.98. The Balaban J connectivity index is 2.00. The molecular weight excluding hydrogens is 254 g/mol. The largest absolute Gasteiger partial charge is 0.265 e. The van der Waals surface area contributed by atoms with Gasteiger partial charge in [-0.2, -0.15) is 5.26 Å². The van der Waals surface area contributed by atoms with Crippen LogP contribution in [0, 0.1) is 11.3 Å². The number of benzene rings is 1. The monoisotopic (exact) mass is 263 g/mol. The Kier molecular flexibility index (Phi) is 3.05. The molecule has 90 valence electrons. The number of thiazole rings is 1. The highest BCUT2D eigenvalue weighted by molar-refractivity contribution is 7.13. The molecule has 0 saturated carbocycles. The zero-order valence-corrected chi connectivity index (χ0v) is 10.8. The van der Waals surface area contributed by atoms with Crippen molar-refractivity contribution >= 4 is 11.3 Å². The zero-order valence-electron chi connectivity index (χ0n) is 9.95. The minimum absolute atomic E-state index is 0.649. The van der Waals surface area contributed by atoms with E-state index in [1.807, 2.05) is 35.7 Å². The number of aromatic nitrogens is 2. The summed E-state index contributed by atoms with van der Waals surface area (Å²) >= 11 is 1.59. The highest BCUT2D eigenvalue weighted by Gasteiger charge is 2.06. The van der Waals surface area contributed by atoms with Crippen molar-refractivity contribution in [2.45, 2.75) is 0 Å². The molecule has 0 aliphatic heterocycles. The van der Waals surface area contributed by atoms with Crippen LogP contribution in [0.25, 0.3) is 21.8 Å². The lowest BCUT2D eigenvalue weighted by Gasteiger charge is -1.97. The molecule has 0 aliphatic rings. The van der Waals surface area contributed by atoms with Gasteiger partial charge in [-0.1, -0.05) is 12.1 Å². The Morgan fingerprint density at radius 2 is 1.89 bits per heavy atom. The molecule has 0 atom stereocenters. The van der Waals surface area contributed by atoms with Crippen molar-refractivity contribution in [2.24, 2.45) is 0 Å². The molecule has 4 heteroatoms. The minimum atomic E-state index is 0.649. The second-order valence-corrected chi connectivity index (χ2v) is 4.82. The summed E-state index contributed by atoms with van der Waals surface area (Å²) in [6.45, 7) is 0. The molecule has 2 aromatic heterocycles. The zero-order chi connectivity index (χ0) is 13.1. The lowest BCUT2D eigenvalue weighted by Crippen LogP contribution is -1.81. The van der Waals surface area contributed by atoms with Gasteiger partial charge in [-0.15, -0.1) is 11.3 Å². The molecule has 1 aromatic carbocycles.